The predicted molar refractivity (Wildman–Crippen MR) is 77.6 cm³/mol. The summed E-state index contributed by atoms with van der Waals surface area (Å²) >= 11 is 0. The maximum Gasteiger partial charge on any atom is 0.0949 e. The van der Waals surface area contributed by atoms with Crippen molar-refractivity contribution in [1.29, 1.82) is 0 Å². The van der Waals surface area contributed by atoms with Gasteiger partial charge in [-0.3, -0.25) is 0 Å². The maximum atomic E-state index is 5.93. The Morgan fingerprint density at radius 1 is 1.17 bits per heavy atom. The summed E-state index contributed by atoms with van der Waals surface area (Å²) in [6.07, 6.45) is 14.1. The van der Waals surface area contributed by atoms with Gasteiger partial charge < -0.3 is 10.3 Å². The van der Waals surface area contributed by atoms with Crippen LogP contribution < -0.4 is 5.73 Å². The molecule has 0 aliphatic carbocycles. The van der Waals surface area contributed by atoms with Crippen LogP contribution in [0.2, 0.25) is 0 Å². The van der Waals surface area contributed by atoms with Crippen molar-refractivity contribution in [1.82, 2.24) is 9.55 Å². The summed E-state index contributed by atoms with van der Waals surface area (Å²) in [5.74, 6) is 0. The quantitative estimate of drug-likeness (QED) is 0.647. The second-order valence-electron chi connectivity index (χ2n) is 5.24. The van der Waals surface area contributed by atoms with Crippen LogP contribution in [0.5, 0.6) is 0 Å². The summed E-state index contributed by atoms with van der Waals surface area (Å²) in [5.41, 5.74) is 7.07. The number of unbranched alkanes of at least 4 members (excludes halogenated alkanes) is 5. The number of aromatic nitrogens is 2. The second-order valence-corrected chi connectivity index (χ2v) is 5.24. The van der Waals surface area contributed by atoms with Gasteiger partial charge in [0.05, 0.1) is 12.0 Å². The van der Waals surface area contributed by atoms with Crippen LogP contribution in [0, 0.1) is 0 Å². The molecule has 1 aromatic heterocycles. The minimum Gasteiger partial charge on any atom is -0.337 e. The molecule has 18 heavy (non-hydrogen) atoms. The molecule has 1 heterocycles. The monoisotopic (exact) mass is 251 g/mol. The third kappa shape index (κ3) is 6.20. The van der Waals surface area contributed by atoms with Crippen molar-refractivity contribution in [2.75, 3.05) is 0 Å². The van der Waals surface area contributed by atoms with E-state index in [-0.39, 0.29) is 6.04 Å². The average Bonchev–Trinajstić information content (AvgIpc) is 2.81. The van der Waals surface area contributed by atoms with Crippen LogP contribution in [0.3, 0.4) is 0 Å². The highest BCUT2D eigenvalue weighted by molar-refractivity contribution is 4.99. The molecule has 0 bridgehead atoms. The number of rotatable bonds is 10. The van der Waals surface area contributed by atoms with Crippen molar-refractivity contribution in [3.8, 4) is 0 Å². The highest BCUT2D eigenvalue weighted by atomic mass is 15.0. The third-order valence-corrected chi connectivity index (χ3v) is 3.45. The first-order valence-electron chi connectivity index (χ1n) is 7.52. The Hall–Kier alpha value is -0.830. The molecule has 0 aliphatic heterocycles. The van der Waals surface area contributed by atoms with Gasteiger partial charge in [0.2, 0.25) is 0 Å². The Morgan fingerprint density at radius 3 is 2.61 bits per heavy atom. The normalized spacial score (nSPS) is 12.8. The molecule has 0 spiro atoms. The fourth-order valence-electron chi connectivity index (χ4n) is 2.12. The molecule has 0 fully saturated rings. The molecule has 0 aromatic carbocycles. The Kier molecular flexibility index (Phi) is 7.74. The van der Waals surface area contributed by atoms with E-state index >= 15 is 0 Å². The molecule has 0 radical (unpaired) electrons. The molecule has 0 aliphatic rings. The van der Waals surface area contributed by atoms with Crippen molar-refractivity contribution in [2.24, 2.45) is 5.73 Å². The Bertz CT molecular complexity index is 306. The third-order valence-electron chi connectivity index (χ3n) is 3.45. The van der Waals surface area contributed by atoms with E-state index in [2.05, 4.69) is 29.6 Å². The standard InChI is InChI=1S/C15H29N3/c1-3-5-6-7-8-9-10-18-12-15(17-13-18)11-14(16)4-2/h12-14H,3-11,16H2,1-2H3. The number of imidazole rings is 1. The molecule has 2 N–H and O–H groups in total. The van der Waals surface area contributed by atoms with Gasteiger partial charge in [-0.15, -0.1) is 0 Å². The molecule has 1 aromatic rings. The number of hydrogen-bond acceptors (Lipinski definition) is 2. The number of hydrogen-bond donors (Lipinski definition) is 1. The molecule has 0 saturated carbocycles. The molecular formula is C15H29N3. The summed E-state index contributed by atoms with van der Waals surface area (Å²) in [6, 6.07) is 0.252. The predicted octanol–water partition coefficient (Wildman–Crippen LogP) is 3.52. The van der Waals surface area contributed by atoms with Gasteiger partial charge in [0.15, 0.2) is 0 Å². The van der Waals surface area contributed by atoms with Crippen LogP contribution in [0.25, 0.3) is 0 Å². The molecule has 1 unspecified atom stereocenters. The van der Waals surface area contributed by atoms with E-state index in [0.29, 0.717) is 0 Å². The summed E-state index contributed by atoms with van der Waals surface area (Å²) in [5, 5.41) is 0. The first kappa shape index (κ1) is 15.2. The molecular weight excluding hydrogens is 222 g/mol. The van der Waals surface area contributed by atoms with Crippen molar-refractivity contribution in [3.63, 3.8) is 0 Å². The zero-order valence-electron chi connectivity index (χ0n) is 12.1. The van der Waals surface area contributed by atoms with E-state index in [1.165, 1.54) is 38.5 Å². The minimum atomic E-state index is 0.252. The van der Waals surface area contributed by atoms with Crippen molar-refractivity contribution in [2.45, 2.75) is 77.8 Å². The fourth-order valence-corrected chi connectivity index (χ4v) is 2.12. The molecule has 1 rings (SSSR count). The fraction of sp³-hybridized carbons (Fsp3) is 0.800. The van der Waals surface area contributed by atoms with Gasteiger partial charge in [0.25, 0.3) is 0 Å². The van der Waals surface area contributed by atoms with Crippen LogP contribution in [-0.4, -0.2) is 15.6 Å². The highest BCUT2D eigenvalue weighted by Crippen LogP contribution is 2.07. The van der Waals surface area contributed by atoms with Gasteiger partial charge in [-0.1, -0.05) is 46.0 Å². The summed E-state index contributed by atoms with van der Waals surface area (Å²) in [7, 11) is 0. The molecule has 0 amide bonds. The lowest BCUT2D eigenvalue weighted by atomic mass is 10.1. The van der Waals surface area contributed by atoms with Crippen molar-refractivity contribution >= 4 is 0 Å². The van der Waals surface area contributed by atoms with Crippen LogP contribution in [-0.2, 0) is 13.0 Å². The van der Waals surface area contributed by atoms with Gasteiger partial charge in [0, 0.05) is 25.2 Å². The average molecular weight is 251 g/mol. The van der Waals surface area contributed by atoms with Gasteiger partial charge >= 0.3 is 0 Å². The number of nitrogens with zero attached hydrogens (tertiary/aromatic N) is 2. The minimum absolute atomic E-state index is 0.252. The van der Waals surface area contributed by atoms with E-state index in [1.807, 2.05) is 6.33 Å². The lowest BCUT2D eigenvalue weighted by Crippen LogP contribution is -2.21. The molecule has 104 valence electrons. The SMILES string of the molecule is CCCCCCCCn1cnc(CC(N)CC)c1. The smallest absolute Gasteiger partial charge is 0.0949 e. The lowest BCUT2D eigenvalue weighted by molar-refractivity contribution is 0.557. The van der Waals surface area contributed by atoms with Gasteiger partial charge in [-0.05, 0) is 12.8 Å². The highest BCUT2D eigenvalue weighted by Gasteiger charge is 2.04. The van der Waals surface area contributed by atoms with Gasteiger partial charge in [-0.2, -0.15) is 0 Å². The van der Waals surface area contributed by atoms with Crippen LogP contribution >= 0.6 is 0 Å². The molecule has 0 saturated heterocycles. The second kappa shape index (κ2) is 9.15. The first-order chi connectivity index (χ1) is 8.76. The Labute approximate surface area is 112 Å². The lowest BCUT2D eigenvalue weighted by Gasteiger charge is -2.05. The van der Waals surface area contributed by atoms with Crippen LogP contribution in [0.1, 0.15) is 64.5 Å². The summed E-state index contributed by atoms with van der Waals surface area (Å²) in [6.45, 7) is 5.48. The zero-order chi connectivity index (χ0) is 13.2. The van der Waals surface area contributed by atoms with E-state index < -0.39 is 0 Å². The number of nitrogens with two attached hydrogens (primary N) is 1. The largest absolute Gasteiger partial charge is 0.337 e. The topological polar surface area (TPSA) is 43.8 Å². The Morgan fingerprint density at radius 2 is 1.89 bits per heavy atom. The van der Waals surface area contributed by atoms with Gasteiger partial charge in [-0.25, -0.2) is 4.98 Å². The molecule has 3 nitrogen and oxygen atoms in total. The van der Waals surface area contributed by atoms with Crippen LogP contribution in [0.15, 0.2) is 12.5 Å². The van der Waals surface area contributed by atoms with E-state index in [9.17, 15) is 0 Å². The van der Waals surface area contributed by atoms with Crippen molar-refractivity contribution in [3.05, 3.63) is 18.2 Å². The summed E-state index contributed by atoms with van der Waals surface area (Å²) < 4.78 is 2.21. The van der Waals surface area contributed by atoms with E-state index in [0.717, 1.165) is 25.1 Å². The maximum absolute atomic E-state index is 5.93. The summed E-state index contributed by atoms with van der Waals surface area (Å²) in [4.78, 5) is 4.42. The van der Waals surface area contributed by atoms with Gasteiger partial charge in [0.1, 0.15) is 0 Å². The van der Waals surface area contributed by atoms with E-state index in [4.69, 9.17) is 5.73 Å². The molecule has 3 heteroatoms. The molecule has 1 atom stereocenters. The van der Waals surface area contributed by atoms with E-state index in [1.54, 1.807) is 0 Å². The first-order valence-corrected chi connectivity index (χ1v) is 7.52. The van der Waals surface area contributed by atoms with Crippen molar-refractivity contribution < 1.29 is 0 Å². The zero-order valence-corrected chi connectivity index (χ0v) is 12.1. The Balaban J connectivity index is 2.15. The van der Waals surface area contributed by atoms with Crippen LogP contribution in [0.4, 0.5) is 0 Å². The number of aryl methyl sites for hydroxylation is 1.